The van der Waals surface area contributed by atoms with Crippen molar-refractivity contribution in [3.63, 3.8) is 0 Å². The molecule has 3 aromatic heterocycles. The zero-order valence-corrected chi connectivity index (χ0v) is 19.3. The van der Waals surface area contributed by atoms with Gasteiger partial charge in [-0.2, -0.15) is 0 Å². The fourth-order valence-electron chi connectivity index (χ4n) is 4.29. The summed E-state index contributed by atoms with van der Waals surface area (Å²) in [6, 6.07) is 0.925. The summed E-state index contributed by atoms with van der Waals surface area (Å²) in [4.78, 5) is 46.6. The standard InChI is InChI=1S/C22H22FN5O6S/c23-15-7-13-16(29)14(19(30)31)9-28(21-24-4-6-35-21)17(13)26-18(15)27-10-22(33,11-27)20(32)25-8-12-3-1-2-5-34-12/h4,6-7,9,12,33H,1-3,5,8,10-11H2,(H,25,32)(H,30,31). The predicted octanol–water partition coefficient (Wildman–Crippen LogP) is 0.916. The molecule has 1 amide bonds. The van der Waals surface area contributed by atoms with Crippen LogP contribution in [-0.4, -0.2) is 74.6 Å². The zero-order valence-electron chi connectivity index (χ0n) is 18.4. The number of carbonyl (C=O) groups is 2. The first kappa shape index (κ1) is 23.3. The number of anilines is 1. The van der Waals surface area contributed by atoms with Crippen molar-refractivity contribution < 1.29 is 28.9 Å². The molecule has 0 saturated carbocycles. The monoisotopic (exact) mass is 503 g/mol. The third-order valence-electron chi connectivity index (χ3n) is 6.16. The number of aromatic nitrogens is 3. The molecule has 0 spiro atoms. The smallest absolute Gasteiger partial charge is 0.341 e. The van der Waals surface area contributed by atoms with Crippen molar-refractivity contribution in [2.75, 3.05) is 31.1 Å². The lowest BCUT2D eigenvalue weighted by Crippen LogP contribution is -2.69. The lowest BCUT2D eigenvalue weighted by molar-refractivity contribution is -0.143. The van der Waals surface area contributed by atoms with E-state index in [2.05, 4.69) is 15.3 Å². The van der Waals surface area contributed by atoms with E-state index < -0.39 is 34.3 Å². The summed E-state index contributed by atoms with van der Waals surface area (Å²) >= 11 is 1.18. The first-order valence-corrected chi connectivity index (χ1v) is 11.9. The SMILES string of the molecule is O=C(O)c1cn(-c2nccs2)c2nc(N3CC(O)(C(=O)NCC4CCCCO4)C3)c(F)cc2c1=O. The summed E-state index contributed by atoms with van der Waals surface area (Å²) in [6.45, 7) is 0.532. The fraction of sp³-hybridized carbons (Fsp3) is 0.409. The second kappa shape index (κ2) is 8.98. The van der Waals surface area contributed by atoms with Gasteiger partial charge >= 0.3 is 5.97 Å². The highest BCUT2D eigenvalue weighted by atomic mass is 32.1. The number of hydrogen-bond acceptors (Lipinski definition) is 9. The van der Waals surface area contributed by atoms with Crippen molar-refractivity contribution in [1.29, 1.82) is 0 Å². The maximum Gasteiger partial charge on any atom is 0.341 e. The number of ether oxygens (including phenoxy) is 1. The van der Waals surface area contributed by atoms with Gasteiger partial charge < -0.3 is 25.2 Å². The number of carboxylic acid groups (broad SMARTS) is 1. The third kappa shape index (κ3) is 4.26. The minimum atomic E-state index is -1.72. The van der Waals surface area contributed by atoms with E-state index in [1.807, 2.05) is 0 Å². The van der Waals surface area contributed by atoms with Crippen LogP contribution in [0.25, 0.3) is 16.2 Å². The van der Waals surface area contributed by atoms with Crippen LogP contribution in [-0.2, 0) is 9.53 Å². The van der Waals surface area contributed by atoms with Gasteiger partial charge in [-0.25, -0.2) is 19.2 Å². The molecule has 0 aromatic carbocycles. The second-order valence-corrected chi connectivity index (χ2v) is 9.49. The van der Waals surface area contributed by atoms with Gasteiger partial charge in [0, 0.05) is 30.9 Å². The summed E-state index contributed by atoms with van der Waals surface area (Å²) in [6.07, 6.45) is 5.36. The summed E-state index contributed by atoms with van der Waals surface area (Å²) in [7, 11) is 0. The number of hydrogen-bond donors (Lipinski definition) is 3. The van der Waals surface area contributed by atoms with E-state index in [1.165, 1.54) is 27.0 Å². The van der Waals surface area contributed by atoms with Crippen molar-refractivity contribution in [2.45, 2.75) is 31.0 Å². The molecular weight excluding hydrogens is 481 g/mol. The Hall–Kier alpha value is -3.42. The van der Waals surface area contributed by atoms with E-state index in [-0.39, 0.29) is 42.6 Å². The molecule has 0 bridgehead atoms. The van der Waals surface area contributed by atoms with Crippen LogP contribution in [0.4, 0.5) is 10.2 Å². The summed E-state index contributed by atoms with van der Waals surface area (Å²) in [5.41, 5.74) is -3.12. The van der Waals surface area contributed by atoms with Crippen LogP contribution < -0.4 is 15.6 Å². The van der Waals surface area contributed by atoms with Crippen molar-refractivity contribution in [3.8, 4) is 5.13 Å². The highest BCUT2D eigenvalue weighted by molar-refractivity contribution is 7.12. The first-order chi connectivity index (χ1) is 16.8. The fourth-order valence-corrected chi connectivity index (χ4v) is 4.91. The van der Waals surface area contributed by atoms with Crippen molar-refractivity contribution >= 4 is 40.1 Å². The quantitative estimate of drug-likeness (QED) is 0.447. The Morgan fingerprint density at radius 3 is 2.80 bits per heavy atom. The molecule has 3 N–H and O–H groups in total. The number of carboxylic acids is 1. The minimum absolute atomic E-state index is 0.0145. The number of rotatable bonds is 6. The van der Waals surface area contributed by atoms with E-state index in [0.29, 0.717) is 11.7 Å². The molecule has 2 aliphatic heterocycles. The summed E-state index contributed by atoms with van der Waals surface area (Å²) in [5, 5.41) is 24.6. The number of nitrogens with zero attached hydrogens (tertiary/aromatic N) is 4. The molecule has 35 heavy (non-hydrogen) atoms. The van der Waals surface area contributed by atoms with Gasteiger partial charge in [0.2, 0.25) is 5.43 Å². The molecule has 13 heteroatoms. The molecule has 0 radical (unpaired) electrons. The molecule has 5 heterocycles. The zero-order chi connectivity index (χ0) is 24.7. The topological polar surface area (TPSA) is 147 Å². The molecule has 5 rings (SSSR count). The first-order valence-electron chi connectivity index (χ1n) is 11.0. The Labute approximate surface area is 201 Å². The molecule has 1 unspecified atom stereocenters. The molecule has 3 aromatic rings. The third-order valence-corrected chi connectivity index (χ3v) is 6.93. The number of amides is 1. The summed E-state index contributed by atoms with van der Waals surface area (Å²) in [5.74, 6) is -3.07. The molecule has 184 valence electrons. The van der Waals surface area contributed by atoms with Crippen molar-refractivity contribution in [3.05, 3.63) is 45.4 Å². The van der Waals surface area contributed by atoms with Gasteiger partial charge in [0.05, 0.1) is 24.6 Å². The van der Waals surface area contributed by atoms with E-state index in [0.717, 1.165) is 31.5 Å². The number of aromatic carboxylic acids is 1. The van der Waals surface area contributed by atoms with Crippen LogP contribution in [0.1, 0.15) is 29.6 Å². The van der Waals surface area contributed by atoms with Crippen LogP contribution in [0, 0.1) is 5.82 Å². The number of thiazole rings is 1. The second-order valence-electron chi connectivity index (χ2n) is 8.61. The molecule has 0 aliphatic carbocycles. The number of aliphatic hydroxyl groups is 1. The average molecular weight is 504 g/mol. The van der Waals surface area contributed by atoms with Crippen LogP contribution in [0.3, 0.4) is 0 Å². The maximum absolute atomic E-state index is 15.0. The van der Waals surface area contributed by atoms with Gasteiger partial charge in [0.1, 0.15) is 5.56 Å². The minimum Gasteiger partial charge on any atom is -0.477 e. The van der Waals surface area contributed by atoms with Crippen LogP contribution in [0.15, 0.2) is 28.6 Å². The van der Waals surface area contributed by atoms with E-state index in [9.17, 15) is 24.6 Å². The summed E-state index contributed by atoms with van der Waals surface area (Å²) < 4.78 is 21.9. The normalized spacial score (nSPS) is 19.4. The maximum atomic E-state index is 15.0. The molecule has 2 fully saturated rings. The lowest BCUT2D eigenvalue weighted by atomic mass is 9.92. The molecular formula is C22H22FN5O6S. The van der Waals surface area contributed by atoms with Gasteiger partial charge in [-0.3, -0.25) is 14.2 Å². The molecule has 2 saturated heterocycles. The van der Waals surface area contributed by atoms with Crippen LogP contribution in [0.5, 0.6) is 0 Å². The van der Waals surface area contributed by atoms with Gasteiger partial charge in [0.25, 0.3) is 5.91 Å². The Kier molecular flexibility index (Phi) is 5.99. The molecule has 11 nitrogen and oxygen atoms in total. The van der Waals surface area contributed by atoms with E-state index in [4.69, 9.17) is 4.74 Å². The van der Waals surface area contributed by atoms with E-state index in [1.54, 1.807) is 5.38 Å². The Balaban J connectivity index is 1.41. The lowest BCUT2D eigenvalue weighted by Gasteiger charge is -2.45. The molecule has 1 atom stereocenters. The Morgan fingerprint density at radius 2 is 2.14 bits per heavy atom. The molecule has 2 aliphatic rings. The number of halogens is 1. The highest BCUT2D eigenvalue weighted by Crippen LogP contribution is 2.31. The van der Waals surface area contributed by atoms with Crippen molar-refractivity contribution in [2.24, 2.45) is 0 Å². The number of β-amino-alcohol motifs (C(OH)–C–C–N with tert-alkyl or cyclic N) is 1. The van der Waals surface area contributed by atoms with Crippen molar-refractivity contribution in [1.82, 2.24) is 19.9 Å². The largest absolute Gasteiger partial charge is 0.477 e. The van der Waals surface area contributed by atoms with Gasteiger partial charge in [-0.05, 0) is 25.3 Å². The Bertz CT molecular complexity index is 1350. The van der Waals surface area contributed by atoms with Gasteiger partial charge in [-0.15, -0.1) is 11.3 Å². The number of pyridine rings is 2. The van der Waals surface area contributed by atoms with Gasteiger partial charge in [0.15, 0.2) is 28.0 Å². The predicted molar refractivity (Wildman–Crippen MR) is 124 cm³/mol. The van der Waals surface area contributed by atoms with Crippen LogP contribution >= 0.6 is 11.3 Å². The average Bonchev–Trinajstić information content (AvgIpc) is 3.36. The Morgan fingerprint density at radius 1 is 1.34 bits per heavy atom. The van der Waals surface area contributed by atoms with Crippen LogP contribution in [0.2, 0.25) is 0 Å². The highest BCUT2D eigenvalue weighted by Gasteiger charge is 2.49. The number of fused-ring (bicyclic) bond motifs is 1. The van der Waals surface area contributed by atoms with Gasteiger partial charge in [-0.1, -0.05) is 0 Å². The van der Waals surface area contributed by atoms with E-state index >= 15 is 4.39 Å². The number of nitrogens with one attached hydrogen (secondary N) is 1. The number of carbonyl (C=O) groups excluding carboxylic acids is 1.